The molecule has 132 valence electrons. The van der Waals surface area contributed by atoms with Crippen LogP contribution in [-0.4, -0.2) is 44.4 Å². The number of hydrogen-bond donors (Lipinski definition) is 0. The minimum atomic E-state index is -3.30. The van der Waals surface area contributed by atoms with Crippen molar-refractivity contribution in [3.05, 3.63) is 52.2 Å². The molecule has 1 aromatic heterocycles. The number of benzene rings is 1. The summed E-state index contributed by atoms with van der Waals surface area (Å²) in [5.74, 6) is -0.102. The highest BCUT2D eigenvalue weighted by Crippen LogP contribution is 2.25. The molecule has 5 nitrogen and oxygen atoms in total. The lowest BCUT2D eigenvalue weighted by atomic mass is 9.89. The van der Waals surface area contributed by atoms with Crippen LogP contribution >= 0.6 is 11.3 Å². The zero-order valence-corrected chi connectivity index (χ0v) is 15.5. The van der Waals surface area contributed by atoms with Crippen LogP contribution in [-0.2, 0) is 9.84 Å². The standard InChI is InChI=1S/C18H19NO4S2/c1-25(22,23)15-11-16(24-12-15)18(21)19-9-7-14(8-10-19)17(20)13-5-3-2-4-6-13/h2-6,11-12,14H,7-10H2,1H3. The van der Waals surface area contributed by atoms with Crippen LogP contribution in [0.5, 0.6) is 0 Å². The van der Waals surface area contributed by atoms with Crippen LogP contribution in [0.2, 0.25) is 0 Å². The Morgan fingerprint density at radius 3 is 2.32 bits per heavy atom. The zero-order chi connectivity index (χ0) is 18.0. The lowest BCUT2D eigenvalue weighted by molar-refractivity contribution is 0.0654. The maximum atomic E-state index is 12.5. The first-order valence-corrected chi connectivity index (χ1v) is 10.8. The Kier molecular flexibility index (Phi) is 5.06. The molecule has 0 bridgehead atoms. The Labute approximate surface area is 151 Å². The smallest absolute Gasteiger partial charge is 0.263 e. The van der Waals surface area contributed by atoms with Gasteiger partial charge in [-0.3, -0.25) is 9.59 Å². The van der Waals surface area contributed by atoms with Gasteiger partial charge in [0.25, 0.3) is 5.91 Å². The predicted molar refractivity (Wildman–Crippen MR) is 96.8 cm³/mol. The minimum absolute atomic E-state index is 0.0682. The number of sulfone groups is 1. The van der Waals surface area contributed by atoms with Crippen molar-refractivity contribution in [1.82, 2.24) is 4.90 Å². The van der Waals surface area contributed by atoms with Gasteiger partial charge in [0.1, 0.15) is 0 Å². The molecule has 2 aromatic rings. The lowest BCUT2D eigenvalue weighted by Gasteiger charge is -2.31. The first kappa shape index (κ1) is 17.8. The molecule has 1 aliphatic heterocycles. The average Bonchev–Trinajstić information content (AvgIpc) is 3.12. The van der Waals surface area contributed by atoms with E-state index in [0.29, 0.717) is 36.4 Å². The first-order valence-electron chi connectivity index (χ1n) is 8.03. The summed E-state index contributed by atoms with van der Waals surface area (Å²) >= 11 is 1.14. The molecule has 25 heavy (non-hydrogen) atoms. The van der Waals surface area contributed by atoms with Gasteiger partial charge in [-0.1, -0.05) is 30.3 Å². The summed E-state index contributed by atoms with van der Waals surface area (Å²) in [5.41, 5.74) is 0.711. The molecule has 2 heterocycles. The second kappa shape index (κ2) is 7.09. The van der Waals surface area contributed by atoms with Crippen LogP contribution in [0, 0.1) is 5.92 Å². The van der Waals surface area contributed by atoms with Crippen molar-refractivity contribution in [1.29, 1.82) is 0 Å². The second-order valence-corrected chi connectivity index (χ2v) is 9.14. The largest absolute Gasteiger partial charge is 0.338 e. The number of carbonyl (C=O) groups excluding carboxylic acids is 2. The number of thiophene rings is 1. The molecule has 0 unspecified atom stereocenters. The molecular weight excluding hydrogens is 358 g/mol. The molecule has 0 aliphatic carbocycles. The monoisotopic (exact) mass is 377 g/mol. The van der Waals surface area contributed by atoms with E-state index >= 15 is 0 Å². The molecule has 1 saturated heterocycles. The summed E-state index contributed by atoms with van der Waals surface area (Å²) in [6, 6.07) is 10.6. The molecule has 0 radical (unpaired) electrons. The molecule has 0 spiro atoms. The highest BCUT2D eigenvalue weighted by Gasteiger charge is 2.29. The fourth-order valence-electron chi connectivity index (χ4n) is 2.96. The number of hydrogen-bond acceptors (Lipinski definition) is 5. The topological polar surface area (TPSA) is 71.5 Å². The van der Waals surface area contributed by atoms with E-state index in [-0.39, 0.29) is 22.5 Å². The molecule has 0 saturated carbocycles. The van der Waals surface area contributed by atoms with E-state index in [0.717, 1.165) is 17.6 Å². The highest BCUT2D eigenvalue weighted by atomic mass is 32.2. The first-order chi connectivity index (χ1) is 11.9. The van der Waals surface area contributed by atoms with Gasteiger partial charge in [-0.25, -0.2) is 8.42 Å². The molecule has 1 fully saturated rings. The van der Waals surface area contributed by atoms with E-state index in [1.165, 1.54) is 11.4 Å². The van der Waals surface area contributed by atoms with Crippen LogP contribution in [0.15, 0.2) is 46.7 Å². The van der Waals surface area contributed by atoms with Gasteiger partial charge in [-0.15, -0.1) is 11.3 Å². The van der Waals surface area contributed by atoms with Crippen molar-refractivity contribution in [2.45, 2.75) is 17.7 Å². The number of nitrogens with zero attached hydrogens (tertiary/aromatic N) is 1. The predicted octanol–water partition coefficient (Wildman–Crippen LogP) is 2.89. The summed E-state index contributed by atoms with van der Waals surface area (Å²) in [7, 11) is -3.30. The zero-order valence-electron chi connectivity index (χ0n) is 13.8. The van der Waals surface area contributed by atoms with E-state index in [2.05, 4.69) is 0 Å². The van der Waals surface area contributed by atoms with Crippen molar-refractivity contribution in [3.63, 3.8) is 0 Å². The van der Waals surface area contributed by atoms with E-state index < -0.39 is 9.84 Å². The SMILES string of the molecule is CS(=O)(=O)c1csc(C(=O)N2CCC(C(=O)c3ccccc3)CC2)c1. The third-order valence-corrected chi connectivity index (χ3v) is 6.59. The van der Waals surface area contributed by atoms with E-state index in [4.69, 9.17) is 0 Å². The molecule has 7 heteroatoms. The van der Waals surface area contributed by atoms with Crippen molar-refractivity contribution in [2.75, 3.05) is 19.3 Å². The molecule has 0 atom stereocenters. The van der Waals surface area contributed by atoms with Crippen LogP contribution < -0.4 is 0 Å². The van der Waals surface area contributed by atoms with E-state index in [9.17, 15) is 18.0 Å². The Balaban J connectivity index is 1.63. The minimum Gasteiger partial charge on any atom is -0.338 e. The number of piperidine rings is 1. The van der Waals surface area contributed by atoms with Crippen molar-refractivity contribution >= 4 is 32.9 Å². The van der Waals surface area contributed by atoms with Crippen molar-refractivity contribution < 1.29 is 18.0 Å². The average molecular weight is 377 g/mol. The number of amides is 1. The third kappa shape index (κ3) is 3.99. The Hall–Kier alpha value is -1.99. The van der Waals surface area contributed by atoms with Crippen LogP contribution in [0.25, 0.3) is 0 Å². The van der Waals surface area contributed by atoms with Crippen molar-refractivity contribution in [2.24, 2.45) is 5.92 Å². The number of Topliss-reactive ketones (excluding diaryl/α,β-unsaturated/α-hetero) is 1. The fraction of sp³-hybridized carbons (Fsp3) is 0.333. The third-order valence-electron chi connectivity index (χ3n) is 4.43. The van der Waals surface area contributed by atoms with Gasteiger partial charge in [0.05, 0.1) is 9.77 Å². The Morgan fingerprint density at radius 2 is 1.76 bits per heavy atom. The Morgan fingerprint density at radius 1 is 1.12 bits per heavy atom. The summed E-state index contributed by atoms with van der Waals surface area (Å²) in [4.78, 5) is 27.3. The number of carbonyl (C=O) groups is 2. The van der Waals surface area contributed by atoms with Gasteiger partial charge >= 0.3 is 0 Å². The van der Waals surface area contributed by atoms with Gasteiger partial charge in [-0.05, 0) is 18.9 Å². The van der Waals surface area contributed by atoms with Crippen LogP contribution in [0.4, 0.5) is 0 Å². The van der Waals surface area contributed by atoms with Gasteiger partial charge < -0.3 is 4.90 Å². The molecule has 1 aliphatic rings. The van der Waals surface area contributed by atoms with Gasteiger partial charge in [0, 0.05) is 36.2 Å². The van der Waals surface area contributed by atoms with E-state index in [1.54, 1.807) is 4.90 Å². The quantitative estimate of drug-likeness (QED) is 0.768. The molecular formula is C18H19NO4S2. The maximum Gasteiger partial charge on any atom is 0.263 e. The second-order valence-electron chi connectivity index (χ2n) is 6.22. The number of ketones is 1. The molecule has 0 N–H and O–H groups in total. The highest BCUT2D eigenvalue weighted by molar-refractivity contribution is 7.90. The number of rotatable bonds is 4. The lowest BCUT2D eigenvalue weighted by Crippen LogP contribution is -2.40. The molecule has 1 amide bonds. The summed E-state index contributed by atoms with van der Waals surface area (Å²) < 4.78 is 23.1. The maximum absolute atomic E-state index is 12.5. The Bertz CT molecular complexity index is 879. The van der Waals surface area contributed by atoms with Crippen LogP contribution in [0.3, 0.4) is 0 Å². The fourth-order valence-corrected chi connectivity index (χ4v) is 4.95. The molecule has 1 aromatic carbocycles. The normalized spacial score (nSPS) is 16.0. The number of likely N-dealkylation sites (tertiary alicyclic amines) is 1. The summed E-state index contributed by atoms with van der Waals surface area (Å²) in [6.07, 6.45) is 2.39. The summed E-state index contributed by atoms with van der Waals surface area (Å²) in [6.45, 7) is 1.02. The van der Waals surface area contributed by atoms with Gasteiger partial charge in [0.15, 0.2) is 15.6 Å². The van der Waals surface area contributed by atoms with Crippen LogP contribution in [0.1, 0.15) is 32.9 Å². The van der Waals surface area contributed by atoms with Gasteiger partial charge in [0.2, 0.25) is 0 Å². The molecule has 3 rings (SSSR count). The van der Waals surface area contributed by atoms with E-state index in [1.807, 2.05) is 30.3 Å². The summed E-state index contributed by atoms with van der Waals surface area (Å²) in [5, 5.41) is 1.49. The van der Waals surface area contributed by atoms with Gasteiger partial charge in [-0.2, -0.15) is 0 Å². The van der Waals surface area contributed by atoms with Crippen molar-refractivity contribution in [3.8, 4) is 0 Å².